The Hall–Kier alpha value is -3.26. The number of rotatable bonds is 6. The molecule has 2 aromatic rings. The average molecular weight is 336 g/mol. The first-order chi connectivity index (χ1) is 12.1. The first-order valence-corrected chi connectivity index (χ1v) is 7.97. The van der Waals surface area contributed by atoms with Crippen molar-refractivity contribution in [1.82, 2.24) is 5.32 Å². The number of urea groups is 1. The maximum absolute atomic E-state index is 12.2. The van der Waals surface area contributed by atoms with Gasteiger partial charge in [0.1, 0.15) is 6.04 Å². The first kappa shape index (κ1) is 18.1. The zero-order chi connectivity index (χ0) is 18.1. The van der Waals surface area contributed by atoms with Crippen LogP contribution in [0.1, 0.15) is 18.1 Å². The quantitative estimate of drug-likeness (QED) is 0.629. The molecule has 0 aromatic heterocycles. The lowest BCUT2D eigenvalue weighted by Crippen LogP contribution is -2.45. The van der Waals surface area contributed by atoms with Crippen molar-refractivity contribution in [2.45, 2.75) is 19.4 Å². The van der Waals surface area contributed by atoms with E-state index in [1.165, 1.54) is 0 Å². The van der Waals surface area contributed by atoms with Crippen LogP contribution in [0, 0.1) is 12.3 Å². The van der Waals surface area contributed by atoms with Crippen LogP contribution in [0.5, 0.6) is 0 Å². The maximum atomic E-state index is 12.2. The SMILES string of the molecule is C#Cc1ccc(NC(=O)N[C@@H](Cc2ccccc2)C(=O)OCC)cc1. The molecule has 2 N–H and O–H groups in total. The van der Waals surface area contributed by atoms with Gasteiger partial charge in [-0.1, -0.05) is 36.3 Å². The molecule has 0 aliphatic heterocycles. The summed E-state index contributed by atoms with van der Waals surface area (Å²) in [5, 5.41) is 5.34. The second-order valence-corrected chi connectivity index (χ2v) is 5.31. The van der Waals surface area contributed by atoms with Gasteiger partial charge in [-0.25, -0.2) is 9.59 Å². The summed E-state index contributed by atoms with van der Waals surface area (Å²) < 4.78 is 5.05. The Labute approximate surface area is 147 Å². The van der Waals surface area contributed by atoms with E-state index in [1.807, 2.05) is 30.3 Å². The van der Waals surface area contributed by atoms with Crippen LogP contribution < -0.4 is 10.6 Å². The first-order valence-electron chi connectivity index (χ1n) is 7.97. The topological polar surface area (TPSA) is 67.4 Å². The minimum Gasteiger partial charge on any atom is -0.464 e. The van der Waals surface area contributed by atoms with E-state index in [9.17, 15) is 9.59 Å². The summed E-state index contributed by atoms with van der Waals surface area (Å²) in [5.41, 5.74) is 2.23. The molecule has 2 amide bonds. The predicted octanol–water partition coefficient (Wildman–Crippen LogP) is 2.96. The summed E-state index contributed by atoms with van der Waals surface area (Å²) in [7, 11) is 0. The highest BCUT2D eigenvalue weighted by Gasteiger charge is 2.22. The molecule has 0 fully saturated rings. The largest absolute Gasteiger partial charge is 0.464 e. The van der Waals surface area contributed by atoms with Gasteiger partial charge in [0, 0.05) is 17.7 Å². The number of benzene rings is 2. The summed E-state index contributed by atoms with van der Waals surface area (Å²) in [5.74, 6) is 2.04. The zero-order valence-electron chi connectivity index (χ0n) is 14.0. The Kier molecular flexibility index (Phi) is 6.61. The van der Waals surface area contributed by atoms with E-state index < -0.39 is 18.0 Å². The minimum absolute atomic E-state index is 0.251. The Balaban J connectivity index is 2.02. The van der Waals surface area contributed by atoms with Crippen LogP contribution in [0.25, 0.3) is 0 Å². The van der Waals surface area contributed by atoms with Crippen molar-refractivity contribution >= 4 is 17.7 Å². The van der Waals surface area contributed by atoms with Crippen molar-refractivity contribution in [2.24, 2.45) is 0 Å². The monoisotopic (exact) mass is 336 g/mol. The lowest BCUT2D eigenvalue weighted by Gasteiger charge is -2.18. The molecule has 0 spiro atoms. The number of terminal acetylenes is 1. The summed E-state index contributed by atoms with van der Waals surface area (Å²) >= 11 is 0. The van der Waals surface area contributed by atoms with E-state index in [-0.39, 0.29) is 6.61 Å². The zero-order valence-corrected chi connectivity index (χ0v) is 14.0. The van der Waals surface area contributed by atoms with Gasteiger partial charge in [0.15, 0.2) is 0 Å². The highest BCUT2D eigenvalue weighted by molar-refractivity contribution is 5.92. The second kappa shape index (κ2) is 9.14. The van der Waals surface area contributed by atoms with Gasteiger partial charge in [-0.2, -0.15) is 0 Å². The van der Waals surface area contributed by atoms with Gasteiger partial charge in [-0.3, -0.25) is 0 Å². The van der Waals surface area contributed by atoms with E-state index >= 15 is 0 Å². The highest BCUT2D eigenvalue weighted by atomic mass is 16.5. The molecular weight excluding hydrogens is 316 g/mol. The third kappa shape index (κ3) is 5.70. The van der Waals surface area contributed by atoms with E-state index in [2.05, 4.69) is 16.6 Å². The molecule has 1 atom stereocenters. The number of anilines is 1. The van der Waals surface area contributed by atoms with Crippen LogP contribution in [0.3, 0.4) is 0 Å². The molecule has 2 rings (SSSR count). The molecule has 0 saturated carbocycles. The highest BCUT2D eigenvalue weighted by Crippen LogP contribution is 2.09. The Bertz CT molecular complexity index is 749. The second-order valence-electron chi connectivity index (χ2n) is 5.31. The molecule has 0 bridgehead atoms. The number of ether oxygens (including phenoxy) is 1. The van der Waals surface area contributed by atoms with Crippen LogP contribution >= 0.6 is 0 Å². The Morgan fingerprint density at radius 1 is 1.12 bits per heavy atom. The van der Waals surface area contributed by atoms with E-state index in [4.69, 9.17) is 11.2 Å². The van der Waals surface area contributed by atoms with Crippen molar-refractivity contribution in [2.75, 3.05) is 11.9 Å². The van der Waals surface area contributed by atoms with Gasteiger partial charge < -0.3 is 15.4 Å². The molecule has 25 heavy (non-hydrogen) atoms. The van der Waals surface area contributed by atoms with Gasteiger partial charge in [0.2, 0.25) is 0 Å². The molecule has 2 aromatic carbocycles. The molecule has 0 saturated heterocycles. The van der Waals surface area contributed by atoms with Gasteiger partial charge in [0.25, 0.3) is 0 Å². The van der Waals surface area contributed by atoms with Gasteiger partial charge in [-0.15, -0.1) is 6.42 Å². The molecule has 5 heteroatoms. The van der Waals surface area contributed by atoms with Crippen molar-refractivity contribution in [3.8, 4) is 12.3 Å². The fourth-order valence-corrected chi connectivity index (χ4v) is 2.26. The van der Waals surface area contributed by atoms with Crippen LogP contribution in [-0.4, -0.2) is 24.6 Å². The lowest BCUT2D eigenvalue weighted by molar-refractivity contribution is -0.145. The van der Waals surface area contributed by atoms with Crippen LogP contribution in [0.2, 0.25) is 0 Å². The number of carbonyl (C=O) groups is 2. The molecular formula is C20H20N2O3. The molecule has 0 heterocycles. The number of nitrogens with one attached hydrogen (secondary N) is 2. The van der Waals surface area contributed by atoms with Crippen LogP contribution in [0.4, 0.5) is 10.5 Å². The predicted molar refractivity (Wildman–Crippen MR) is 97.1 cm³/mol. The van der Waals surface area contributed by atoms with E-state index in [1.54, 1.807) is 31.2 Å². The van der Waals surface area contributed by atoms with Gasteiger partial charge in [-0.05, 0) is 36.8 Å². The summed E-state index contributed by atoms with van der Waals surface area (Å²) in [6, 6.07) is 15.0. The average Bonchev–Trinajstić information content (AvgIpc) is 2.63. The maximum Gasteiger partial charge on any atom is 0.329 e. The normalized spacial score (nSPS) is 11.0. The van der Waals surface area contributed by atoms with Gasteiger partial charge >= 0.3 is 12.0 Å². The van der Waals surface area contributed by atoms with Crippen molar-refractivity contribution < 1.29 is 14.3 Å². The van der Waals surface area contributed by atoms with E-state index in [0.717, 1.165) is 11.1 Å². The standard InChI is InChI=1S/C20H20N2O3/c1-3-15-10-12-17(13-11-15)21-20(24)22-18(19(23)25-4-2)14-16-8-6-5-7-9-16/h1,5-13,18H,4,14H2,2H3,(H2,21,22,24)/t18-/m0/s1. The number of hydrogen-bond acceptors (Lipinski definition) is 3. The molecule has 5 nitrogen and oxygen atoms in total. The number of esters is 1. The number of hydrogen-bond donors (Lipinski definition) is 2. The minimum atomic E-state index is -0.771. The van der Waals surface area contributed by atoms with Gasteiger partial charge in [0.05, 0.1) is 6.61 Å². The number of amides is 2. The van der Waals surface area contributed by atoms with Crippen molar-refractivity contribution in [1.29, 1.82) is 0 Å². The molecule has 0 unspecified atom stereocenters. The van der Waals surface area contributed by atoms with Crippen LogP contribution in [0.15, 0.2) is 54.6 Å². The van der Waals surface area contributed by atoms with E-state index in [0.29, 0.717) is 12.1 Å². The molecule has 0 radical (unpaired) electrons. The Morgan fingerprint density at radius 3 is 2.40 bits per heavy atom. The van der Waals surface area contributed by atoms with Crippen LogP contribution in [-0.2, 0) is 16.0 Å². The van der Waals surface area contributed by atoms with Crippen molar-refractivity contribution in [3.05, 3.63) is 65.7 Å². The fourth-order valence-electron chi connectivity index (χ4n) is 2.26. The number of carbonyl (C=O) groups excluding carboxylic acids is 2. The summed E-state index contributed by atoms with van der Waals surface area (Å²) in [6.07, 6.45) is 5.65. The third-order valence-corrected chi connectivity index (χ3v) is 3.47. The summed E-state index contributed by atoms with van der Waals surface area (Å²) in [4.78, 5) is 24.3. The molecule has 0 aliphatic carbocycles. The van der Waals surface area contributed by atoms with Crippen molar-refractivity contribution in [3.63, 3.8) is 0 Å². The lowest BCUT2D eigenvalue weighted by atomic mass is 10.1. The fraction of sp³-hybridized carbons (Fsp3) is 0.200. The Morgan fingerprint density at radius 2 is 1.80 bits per heavy atom. The molecule has 128 valence electrons. The molecule has 0 aliphatic rings. The smallest absolute Gasteiger partial charge is 0.329 e. The summed E-state index contributed by atoms with van der Waals surface area (Å²) in [6.45, 7) is 1.98. The third-order valence-electron chi connectivity index (χ3n) is 3.47.